The molecule has 1 aromatic rings. The third-order valence-corrected chi connectivity index (χ3v) is 3.10. The maximum atomic E-state index is 12.7. The van der Waals surface area contributed by atoms with E-state index >= 15 is 0 Å². The van der Waals surface area contributed by atoms with Crippen molar-refractivity contribution < 1.29 is 9.18 Å². The average molecular weight is 223 g/mol. The lowest BCUT2D eigenvalue weighted by molar-refractivity contribution is -0.123. The molecule has 2 N–H and O–H groups in total. The van der Waals surface area contributed by atoms with E-state index in [1.165, 1.54) is 12.1 Å². The fraction of sp³-hybridized carbons (Fsp3) is 0.462. The summed E-state index contributed by atoms with van der Waals surface area (Å²) >= 11 is 0. The van der Waals surface area contributed by atoms with E-state index in [1.54, 1.807) is 12.1 Å². The summed E-state index contributed by atoms with van der Waals surface area (Å²) in [4.78, 5) is 12.0. The van der Waals surface area contributed by atoms with Crippen LogP contribution in [0.25, 0.3) is 0 Å². The molecule has 0 spiro atoms. The first-order valence-electron chi connectivity index (χ1n) is 5.58. The molecule has 0 aliphatic rings. The fourth-order valence-corrected chi connectivity index (χ4v) is 1.61. The number of carbonyl (C=O) groups excluding carboxylic acids is 1. The SMILES string of the molecule is CCC(N)(CC)C(=O)Cc1ccc(F)cc1. The first-order chi connectivity index (χ1) is 7.51. The van der Waals surface area contributed by atoms with Gasteiger partial charge in [0.2, 0.25) is 0 Å². The summed E-state index contributed by atoms with van der Waals surface area (Å²) < 4.78 is 12.7. The van der Waals surface area contributed by atoms with Gasteiger partial charge in [-0.05, 0) is 30.5 Å². The standard InChI is InChI=1S/C13H18FNO/c1-3-13(15,4-2)12(16)9-10-5-7-11(14)8-6-10/h5-8H,3-4,9,15H2,1-2H3. The molecule has 0 aromatic heterocycles. The van der Waals surface area contributed by atoms with E-state index in [9.17, 15) is 9.18 Å². The van der Waals surface area contributed by atoms with Crippen LogP contribution in [0.3, 0.4) is 0 Å². The highest BCUT2D eigenvalue weighted by Crippen LogP contribution is 2.16. The molecule has 0 saturated heterocycles. The molecule has 0 unspecified atom stereocenters. The molecule has 0 atom stereocenters. The van der Waals surface area contributed by atoms with Crippen LogP contribution in [0.1, 0.15) is 32.3 Å². The van der Waals surface area contributed by atoms with Crippen molar-refractivity contribution in [2.75, 3.05) is 0 Å². The van der Waals surface area contributed by atoms with Gasteiger partial charge in [-0.3, -0.25) is 4.79 Å². The van der Waals surface area contributed by atoms with Crippen LogP contribution in [0.2, 0.25) is 0 Å². The Bertz CT molecular complexity index is 355. The predicted molar refractivity (Wildman–Crippen MR) is 62.6 cm³/mol. The van der Waals surface area contributed by atoms with E-state index in [2.05, 4.69) is 0 Å². The first kappa shape index (κ1) is 12.8. The number of nitrogens with two attached hydrogens (primary N) is 1. The highest BCUT2D eigenvalue weighted by molar-refractivity contribution is 5.89. The second-order valence-electron chi connectivity index (χ2n) is 4.09. The van der Waals surface area contributed by atoms with Gasteiger partial charge in [-0.25, -0.2) is 4.39 Å². The van der Waals surface area contributed by atoms with Crippen molar-refractivity contribution in [3.8, 4) is 0 Å². The summed E-state index contributed by atoms with van der Waals surface area (Å²) in [6.45, 7) is 3.82. The predicted octanol–water partition coefficient (Wildman–Crippen LogP) is 2.45. The Kier molecular flexibility index (Phi) is 4.19. The largest absolute Gasteiger partial charge is 0.319 e. The van der Waals surface area contributed by atoms with Crippen molar-refractivity contribution in [3.05, 3.63) is 35.6 Å². The van der Waals surface area contributed by atoms with Crippen molar-refractivity contribution in [2.45, 2.75) is 38.6 Å². The summed E-state index contributed by atoms with van der Waals surface area (Å²) in [5, 5.41) is 0. The molecule has 0 radical (unpaired) electrons. The number of hydrogen-bond acceptors (Lipinski definition) is 2. The monoisotopic (exact) mass is 223 g/mol. The van der Waals surface area contributed by atoms with Crippen LogP contribution < -0.4 is 5.73 Å². The Morgan fingerprint density at radius 2 is 1.75 bits per heavy atom. The highest BCUT2D eigenvalue weighted by atomic mass is 19.1. The number of ketones is 1. The molecule has 88 valence electrons. The number of hydrogen-bond donors (Lipinski definition) is 1. The zero-order valence-corrected chi connectivity index (χ0v) is 9.79. The van der Waals surface area contributed by atoms with E-state index in [0.717, 1.165) is 5.56 Å². The molecule has 0 heterocycles. The second kappa shape index (κ2) is 5.21. The van der Waals surface area contributed by atoms with E-state index in [-0.39, 0.29) is 18.0 Å². The smallest absolute Gasteiger partial charge is 0.156 e. The highest BCUT2D eigenvalue weighted by Gasteiger charge is 2.29. The molecule has 0 bridgehead atoms. The molecule has 2 nitrogen and oxygen atoms in total. The van der Waals surface area contributed by atoms with Gasteiger partial charge < -0.3 is 5.73 Å². The number of Topliss-reactive ketones (excluding diaryl/α,β-unsaturated/α-hetero) is 1. The zero-order chi connectivity index (χ0) is 12.2. The van der Waals surface area contributed by atoms with E-state index in [1.807, 2.05) is 13.8 Å². The van der Waals surface area contributed by atoms with Gasteiger partial charge in [0.15, 0.2) is 5.78 Å². The minimum absolute atomic E-state index is 0.0177. The van der Waals surface area contributed by atoms with Gasteiger partial charge in [-0.2, -0.15) is 0 Å². The van der Waals surface area contributed by atoms with Gasteiger partial charge in [-0.15, -0.1) is 0 Å². The van der Waals surface area contributed by atoms with Gasteiger partial charge in [0.05, 0.1) is 5.54 Å². The maximum Gasteiger partial charge on any atom is 0.156 e. The lowest BCUT2D eigenvalue weighted by Crippen LogP contribution is -2.47. The minimum atomic E-state index is -0.742. The molecule has 0 aliphatic heterocycles. The van der Waals surface area contributed by atoms with Crippen LogP contribution in [0.15, 0.2) is 24.3 Å². The summed E-state index contributed by atoms with van der Waals surface area (Å²) in [6.07, 6.45) is 1.53. The van der Waals surface area contributed by atoms with Crippen LogP contribution >= 0.6 is 0 Å². The molecular weight excluding hydrogens is 205 g/mol. The Hall–Kier alpha value is -1.22. The topological polar surface area (TPSA) is 43.1 Å². The Morgan fingerprint density at radius 3 is 2.19 bits per heavy atom. The van der Waals surface area contributed by atoms with Crippen LogP contribution in [0.5, 0.6) is 0 Å². The van der Waals surface area contributed by atoms with Crippen LogP contribution in [0.4, 0.5) is 4.39 Å². The average Bonchev–Trinajstić information content (AvgIpc) is 2.31. The van der Waals surface area contributed by atoms with Gasteiger partial charge in [-0.1, -0.05) is 26.0 Å². The van der Waals surface area contributed by atoms with Gasteiger partial charge in [0.1, 0.15) is 5.82 Å². The summed E-state index contributed by atoms with van der Waals surface area (Å²) in [5.74, 6) is -0.273. The van der Waals surface area contributed by atoms with Crippen molar-refractivity contribution in [1.82, 2.24) is 0 Å². The molecule has 0 saturated carbocycles. The van der Waals surface area contributed by atoms with Crippen molar-refractivity contribution in [3.63, 3.8) is 0 Å². The van der Waals surface area contributed by atoms with Crippen molar-refractivity contribution in [1.29, 1.82) is 0 Å². The third kappa shape index (κ3) is 2.89. The van der Waals surface area contributed by atoms with E-state index in [0.29, 0.717) is 12.8 Å². The molecule has 0 fully saturated rings. The zero-order valence-electron chi connectivity index (χ0n) is 9.79. The molecule has 0 amide bonds. The molecule has 3 heteroatoms. The second-order valence-corrected chi connectivity index (χ2v) is 4.09. The first-order valence-corrected chi connectivity index (χ1v) is 5.58. The van der Waals surface area contributed by atoms with Crippen LogP contribution in [0, 0.1) is 5.82 Å². The van der Waals surface area contributed by atoms with Gasteiger partial charge >= 0.3 is 0 Å². The fourth-order valence-electron chi connectivity index (χ4n) is 1.61. The molecule has 1 aromatic carbocycles. The molecule has 1 rings (SSSR count). The van der Waals surface area contributed by atoms with Crippen molar-refractivity contribution in [2.24, 2.45) is 5.73 Å². The lowest BCUT2D eigenvalue weighted by Gasteiger charge is -2.24. The number of rotatable bonds is 5. The summed E-state index contributed by atoms with van der Waals surface area (Å²) in [7, 11) is 0. The Morgan fingerprint density at radius 1 is 1.25 bits per heavy atom. The maximum absolute atomic E-state index is 12.7. The summed E-state index contributed by atoms with van der Waals surface area (Å²) in [6, 6.07) is 5.97. The lowest BCUT2D eigenvalue weighted by atomic mass is 9.86. The summed E-state index contributed by atoms with van der Waals surface area (Å²) in [5.41, 5.74) is 6.06. The molecular formula is C13H18FNO. The number of benzene rings is 1. The van der Waals surface area contributed by atoms with Crippen LogP contribution in [-0.4, -0.2) is 11.3 Å². The van der Waals surface area contributed by atoms with Crippen molar-refractivity contribution >= 4 is 5.78 Å². The van der Waals surface area contributed by atoms with Gasteiger partial charge in [0.25, 0.3) is 0 Å². The van der Waals surface area contributed by atoms with Gasteiger partial charge in [0, 0.05) is 6.42 Å². The number of halogens is 1. The Balaban J connectivity index is 2.74. The molecule has 16 heavy (non-hydrogen) atoms. The Labute approximate surface area is 95.7 Å². The van der Waals surface area contributed by atoms with E-state index in [4.69, 9.17) is 5.73 Å². The quantitative estimate of drug-likeness (QED) is 0.833. The van der Waals surface area contributed by atoms with Crippen LogP contribution in [-0.2, 0) is 11.2 Å². The van der Waals surface area contributed by atoms with E-state index < -0.39 is 5.54 Å². The third-order valence-electron chi connectivity index (χ3n) is 3.10. The minimum Gasteiger partial charge on any atom is -0.319 e. The number of carbonyl (C=O) groups is 1. The molecule has 0 aliphatic carbocycles. The normalized spacial score (nSPS) is 11.5.